The van der Waals surface area contributed by atoms with Crippen LogP contribution in [0.2, 0.25) is 0 Å². The van der Waals surface area contributed by atoms with E-state index in [1.165, 1.54) is 11.1 Å². The minimum Gasteiger partial charge on any atom is -0.496 e. The molecular weight excluding hydrogens is 411 g/mol. The first-order valence-electron chi connectivity index (χ1n) is 11.8. The number of benzene rings is 3. The zero-order chi connectivity index (χ0) is 22.8. The fourth-order valence-electron chi connectivity index (χ4n) is 6.20. The van der Waals surface area contributed by atoms with Gasteiger partial charge in [0.1, 0.15) is 17.8 Å². The van der Waals surface area contributed by atoms with E-state index in [0.29, 0.717) is 31.8 Å². The Bertz CT molecular complexity index is 1060. The number of para-hydroxylation sites is 1. The lowest BCUT2D eigenvalue weighted by atomic mass is 9.56. The van der Waals surface area contributed by atoms with E-state index in [2.05, 4.69) is 53.4 Å². The first-order valence-corrected chi connectivity index (χ1v) is 11.8. The van der Waals surface area contributed by atoms with Crippen LogP contribution in [0.3, 0.4) is 0 Å². The third kappa shape index (κ3) is 3.82. The summed E-state index contributed by atoms with van der Waals surface area (Å²) in [7, 11) is 1.66. The molecule has 170 valence electrons. The summed E-state index contributed by atoms with van der Waals surface area (Å²) in [5.74, 6) is 1.36. The Morgan fingerprint density at radius 1 is 0.939 bits per heavy atom. The van der Waals surface area contributed by atoms with Gasteiger partial charge in [-0.2, -0.15) is 0 Å². The van der Waals surface area contributed by atoms with E-state index in [1.807, 2.05) is 36.4 Å². The molecule has 3 aromatic rings. The third-order valence-electron chi connectivity index (χ3n) is 7.79. The number of fused-ring (bicyclic) bond motifs is 1. The van der Waals surface area contributed by atoms with E-state index in [4.69, 9.17) is 10.1 Å². The summed E-state index contributed by atoms with van der Waals surface area (Å²) in [6, 6.07) is 29.1. The Morgan fingerprint density at radius 2 is 1.55 bits per heavy atom. The lowest BCUT2D eigenvalue weighted by Crippen LogP contribution is -2.47. The van der Waals surface area contributed by atoms with Crippen molar-refractivity contribution in [2.45, 2.75) is 30.8 Å². The van der Waals surface area contributed by atoms with E-state index >= 15 is 4.39 Å². The van der Waals surface area contributed by atoms with Crippen molar-refractivity contribution in [2.24, 2.45) is 11.8 Å². The Kier molecular flexibility index (Phi) is 5.92. The number of likely N-dealkylation sites (tertiary alicyclic amines) is 1. The van der Waals surface area contributed by atoms with Crippen LogP contribution in [0.25, 0.3) is 0 Å². The molecule has 2 fully saturated rings. The number of hydrogen-bond donors (Lipinski definition) is 1. The highest BCUT2D eigenvalue weighted by molar-refractivity contribution is 5.82. The molecule has 1 heterocycles. The van der Waals surface area contributed by atoms with Gasteiger partial charge in [0.15, 0.2) is 0 Å². The molecule has 0 aromatic heterocycles. The lowest BCUT2D eigenvalue weighted by molar-refractivity contribution is 0.0882. The molecule has 3 atom stereocenters. The van der Waals surface area contributed by atoms with E-state index in [1.54, 1.807) is 7.11 Å². The highest BCUT2D eigenvalue weighted by atomic mass is 19.1. The van der Waals surface area contributed by atoms with Gasteiger partial charge in [0, 0.05) is 36.4 Å². The first-order chi connectivity index (χ1) is 16.1. The molecule has 0 unspecified atom stereocenters. The van der Waals surface area contributed by atoms with Crippen molar-refractivity contribution < 1.29 is 9.13 Å². The van der Waals surface area contributed by atoms with Gasteiger partial charge in [-0.25, -0.2) is 4.39 Å². The van der Waals surface area contributed by atoms with Crippen molar-refractivity contribution in [3.63, 3.8) is 0 Å². The normalized spacial score (nSPS) is 23.7. The molecule has 1 saturated heterocycles. The second-order valence-corrected chi connectivity index (χ2v) is 9.37. The molecule has 33 heavy (non-hydrogen) atoms. The summed E-state index contributed by atoms with van der Waals surface area (Å²) < 4.78 is 20.9. The monoisotopic (exact) mass is 442 g/mol. The average molecular weight is 443 g/mol. The van der Waals surface area contributed by atoms with E-state index in [9.17, 15) is 0 Å². The zero-order valence-electron chi connectivity index (χ0n) is 19.1. The molecule has 4 heteroatoms. The van der Waals surface area contributed by atoms with Gasteiger partial charge in [-0.3, -0.25) is 5.41 Å². The predicted octanol–water partition coefficient (Wildman–Crippen LogP) is 5.88. The molecule has 3 aromatic carbocycles. The van der Waals surface area contributed by atoms with Crippen LogP contribution in [0.15, 0.2) is 84.9 Å². The minimum absolute atomic E-state index is 0.0859. The number of methoxy groups -OCH3 is 1. The summed E-state index contributed by atoms with van der Waals surface area (Å²) in [6.45, 7) is 1.30. The standard InChI is InChI=1S/C29H31FN2O/c1-33-27-15-9-8-10-21(27)18-28(31)32-19-24-25(20-32)29(17-16-26(24)30,22-11-4-2-5-12-22)23-13-6-3-7-14-23/h2-15,24-26,31H,16-20H2,1H3/t24-,25+,26+/m0/s1. The summed E-state index contributed by atoms with van der Waals surface area (Å²) in [5, 5.41) is 8.90. The van der Waals surface area contributed by atoms with Gasteiger partial charge in [-0.1, -0.05) is 78.9 Å². The van der Waals surface area contributed by atoms with Gasteiger partial charge >= 0.3 is 0 Å². The number of rotatable bonds is 5. The molecule has 2 aliphatic rings. The van der Waals surface area contributed by atoms with Gasteiger partial charge in [-0.15, -0.1) is 0 Å². The van der Waals surface area contributed by atoms with E-state index in [0.717, 1.165) is 17.7 Å². The van der Waals surface area contributed by atoms with Crippen LogP contribution in [0.1, 0.15) is 29.5 Å². The highest BCUT2D eigenvalue weighted by Gasteiger charge is 2.55. The van der Waals surface area contributed by atoms with Gasteiger partial charge in [0.2, 0.25) is 0 Å². The topological polar surface area (TPSA) is 36.3 Å². The molecule has 0 amide bonds. The average Bonchev–Trinajstić information content (AvgIpc) is 3.33. The van der Waals surface area contributed by atoms with Crippen molar-refractivity contribution in [1.82, 2.24) is 4.90 Å². The Morgan fingerprint density at radius 3 is 2.18 bits per heavy atom. The van der Waals surface area contributed by atoms with Gasteiger partial charge in [0.25, 0.3) is 0 Å². The van der Waals surface area contributed by atoms with E-state index in [-0.39, 0.29) is 17.3 Å². The summed E-state index contributed by atoms with van der Waals surface area (Å²) in [6.07, 6.45) is 0.999. The largest absolute Gasteiger partial charge is 0.496 e. The maximum absolute atomic E-state index is 15.4. The summed E-state index contributed by atoms with van der Waals surface area (Å²) >= 11 is 0. The van der Waals surface area contributed by atoms with Crippen LogP contribution < -0.4 is 4.74 Å². The van der Waals surface area contributed by atoms with E-state index < -0.39 is 6.17 Å². The van der Waals surface area contributed by atoms with Gasteiger partial charge in [0.05, 0.1) is 7.11 Å². The molecule has 1 aliphatic heterocycles. The summed E-state index contributed by atoms with van der Waals surface area (Å²) in [4.78, 5) is 2.11. The van der Waals surface area contributed by atoms with Crippen molar-refractivity contribution in [3.05, 3.63) is 102 Å². The van der Waals surface area contributed by atoms with Gasteiger partial charge < -0.3 is 9.64 Å². The Labute approximate surface area is 195 Å². The number of hydrogen-bond acceptors (Lipinski definition) is 2. The quantitative estimate of drug-likeness (QED) is 0.396. The molecule has 3 nitrogen and oxygen atoms in total. The van der Waals surface area contributed by atoms with Gasteiger partial charge in [-0.05, 0) is 36.0 Å². The number of ether oxygens (including phenoxy) is 1. The van der Waals surface area contributed by atoms with Crippen molar-refractivity contribution >= 4 is 5.84 Å². The van der Waals surface area contributed by atoms with Crippen LogP contribution in [0.5, 0.6) is 5.75 Å². The fourth-order valence-corrected chi connectivity index (χ4v) is 6.20. The molecule has 5 rings (SSSR count). The number of halogens is 1. The first kappa shape index (κ1) is 21.7. The lowest BCUT2D eigenvalue weighted by Gasteiger charge is -2.47. The number of amidine groups is 1. The third-order valence-corrected chi connectivity index (χ3v) is 7.79. The molecule has 0 spiro atoms. The number of alkyl halides is 1. The fraction of sp³-hybridized carbons (Fsp3) is 0.345. The van der Waals surface area contributed by atoms with Crippen molar-refractivity contribution in [1.29, 1.82) is 5.41 Å². The molecule has 0 bridgehead atoms. The maximum atomic E-state index is 15.4. The van der Waals surface area contributed by atoms with Crippen LogP contribution in [0, 0.1) is 17.2 Å². The molecular formula is C29H31FN2O. The Hall–Kier alpha value is -3.14. The highest BCUT2D eigenvalue weighted by Crippen LogP contribution is 2.54. The number of nitrogens with one attached hydrogen (secondary N) is 1. The number of nitrogens with zero attached hydrogens (tertiary/aromatic N) is 1. The molecule has 1 aliphatic carbocycles. The van der Waals surface area contributed by atoms with Crippen LogP contribution in [-0.4, -0.2) is 37.1 Å². The van der Waals surface area contributed by atoms with Crippen molar-refractivity contribution in [3.8, 4) is 5.75 Å². The minimum atomic E-state index is -0.834. The second kappa shape index (κ2) is 9.01. The zero-order valence-corrected chi connectivity index (χ0v) is 19.1. The second-order valence-electron chi connectivity index (χ2n) is 9.37. The van der Waals surface area contributed by atoms with Crippen LogP contribution in [0.4, 0.5) is 4.39 Å². The predicted molar refractivity (Wildman–Crippen MR) is 131 cm³/mol. The van der Waals surface area contributed by atoms with Crippen molar-refractivity contribution in [2.75, 3.05) is 20.2 Å². The smallest absolute Gasteiger partial charge is 0.122 e. The van der Waals surface area contributed by atoms with Crippen LogP contribution >= 0.6 is 0 Å². The maximum Gasteiger partial charge on any atom is 0.122 e. The SMILES string of the molecule is COc1ccccc1CC(=N)N1C[C@@H]2[C@H](F)CCC(c3ccccc3)(c3ccccc3)[C@@H]2C1. The molecule has 1 saturated carbocycles. The Balaban J connectivity index is 1.50. The summed E-state index contributed by atoms with van der Waals surface area (Å²) in [5.41, 5.74) is 3.27. The molecule has 1 N–H and O–H groups in total. The van der Waals surface area contributed by atoms with Crippen LogP contribution in [-0.2, 0) is 11.8 Å². The molecule has 0 radical (unpaired) electrons.